The van der Waals surface area contributed by atoms with Gasteiger partial charge in [-0.15, -0.1) is 0 Å². The summed E-state index contributed by atoms with van der Waals surface area (Å²) in [5.41, 5.74) is 2.43. The lowest BCUT2D eigenvalue weighted by molar-refractivity contribution is 0.252. The van der Waals surface area contributed by atoms with Crippen LogP contribution in [0.2, 0.25) is 0 Å². The van der Waals surface area contributed by atoms with E-state index in [2.05, 4.69) is 31.5 Å². The average Bonchev–Trinajstić information content (AvgIpc) is 2.57. The Morgan fingerprint density at radius 3 is 2.88 bits per heavy atom. The third-order valence-corrected chi connectivity index (χ3v) is 4.37. The van der Waals surface area contributed by atoms with Crippen LogP contribution in [0.1, 0.15) is 11.3 Å². The summed E-state index contributed by atoms with van der Waals surface area (Å²) in [5, 5.41) is 17.5. The number of carbonyl (C=O) groups is 1. The van der Waals surface area contributed by atoms with Gasteiger partial charge in [0.25, 0.3) is 0 Å². The van der Waals surface area contributed by atoms with Gasteiger partial charge < -0.3 is 15.7 Å². The molecule has 0 atom stereocenters. The number of aromatic nitrogens is 1. The van der Waals surface area contributed by atoms with Crippen molar-refractivity contribution in [2.75, 3.05) is 11.9 Å². The van der Waals surface area contributed by atoms with Crippen molar-refractivity contribution in [2.24, 2.45) is 0 Å². The lowest BCUT2D eigenvalue weighted by Crippen LogP contribution is -2.30. The van der Waals surface area contributed by atoms with E-state index in [1.165, 1.54) is 0 Å². The Hall–Kier alpha value is -2.60. The summed E-state index contributed by atoms with van der Waals surface area (Å²) in [6.07, 6.45) is 2.34. The predicted octanol–water partition coefficient (Wildman–Crippen LogP) is 4.38. The third-order valence-electron chi connectivity index (χ3n) is 3.88. The zero-order valence-electron chi connectivity index (χ0n) is 13.7. The number of aromatic hydroxyl groups is 1. The molecule has 1 heterocycles. The molecule has 2 amide bonds. The average molecular weight is 400 g/mol. The number of pyridine rings is 1. The van der Waals surface area contributed by atoms with Crippen molar-refractivity contribution in [3.8, 4) is 5.75 Å². The minimum Gasteiger partial charge on any atom is -0.508 e. The number of aryl methyl sites for hydroxylation is 1. The largest absolute Gasteiger partial charge is 0.508 e. The summed E-state index contributed by atoms with van der Waals surface area (Å²) in [6, 6.07) is 12.7. The van der Waals surface area contributed by atoms with E-state index in [1.807, 2.05) is 43.3 Å². The molecule has 3 aromatic rings. The summed E-state index contributed by atoms with van der Waals surface area (Å²) < 4.78 is 0.820. The number of rotatable bonds is 4. The highest BCUT2D eigenvalue weighted by atomic mass is 79.9. The monoisotopic (exact) mass is 399 g/mol. The quantitative estimate of drug-likeness (QED) is 0.609. The SMILES string of the molecule is Cc1cc2c(NC(=O)NCCc3ccc(Br)cc3O)cccc2cn1. The maximum absolute atomic E-state index is 12.2. The van der Waals surface area contributed by atoms with Crippen LogP contribution in [0.25, 0.3) is 10.8 Å². The second kappa shape index (κ2) is 7.53. The molecule has 6 heteroatoms. The number of hydrogen-bond acceptors (Lipinski definition) is 3. The van der Waals surface area contributed by atoms with E-state index in [1.54, 1.807) is 12.3 Å². The molecule has 5 nitrogen and oxygen atoms in total. The Morgan fingerprint density at radius 1 is 1.24 bits per heavy atom. The van der Waals surface area contributed by atoms with Crippen LogP contribution < -0.4 is 10.6 Å². The van der Waals surface area contributed by atoms with E-state index in [0.29, 0.717) is 13.0 Å². The highest BCUT2D eigenvalue weighted by Crippen LogP contribution is 2.24. The van der Waals surface area contributed by atoms with Crippen LogP contribution in [-0.4, -0.2) is 22.7 Å². The van der Waals surface area contributed by atoms with E-state index < -0.39 is 0 Å². The number of fused-ring (bicyclic) bond motifs is 1. The van der Waals surface area contributed by atoms with Crippen LogP contribution in [0.5, 0.6) is 5.75 Å². The highest BCUT2D eigenvalue weighted by molar-refractivity contribution is 9.10. The van der Waals surface area contributed by atoms with Crippen LogP contribution >= 0.6 is 15.9 Å². The highest BCUT2D eigenvalue weighted by Gasteiger charge is 2.07. The van der Waals surface area contributed by atoms with Gasteiger partial charge in [-0.05, 0) is 43.2 Å². The van der Waals surface area contributed by atoms with Gasteiger partial charge in [0.2, 0.25) is 0 Å². The first-order chi connectivity index (χ1) is 12.0. The van der Waals surface area contributed by atoms with E-state index in [0.717, 1.165) is 32.2 Å². The van der Waals surface area contributed by atoms with E-state index in [-0.39, 0.29) is 11.8 Å². The first-order valence-corrected chi connectivity index (χ1v) is 8.70. The second-order valence-electron chi connectivity index (χ2n) is 5.76. The molecular weight excluding hydrogens is 382 g/mol. The van der Waals surface area contributed by atoms with Gasteiger partial charge in [-0.3, -0.25) is 4.98 Å². The van der Waals surface area contributed by atoms with Gasteiger partial charge in [0.05, 0.1) is 5.69 Å². The normalized spacial score (nSPS) is 10.6. The van der Waals surface area contributed by atoms with Gasteiger partial charge in [0, 0.05) is 33.7 Å². The molecule has 0 unspecified atom stereocenters. The number of hydrogen-bond donors (Lipinski definition) is 3. The Bertz CT molecular complexity index is 928. The molecule has 0 radical (unpaired) electrons. The molecule has 3 rings (SSSR count). The van der Waals surface area contributed by atoms with Gasteiger partial charge >= 0.3 is 6.03 Å². The zero-order valence-corrected chi connectivity index (χ0v) is 15.3. The molecule has 0 aliphatic carbocycles. The molecule has 2 aromatic carbocycles. The van der Waals surface area contributed by atoms with Crippen molar-refractivity contribution in [2.45, 2.75) is 13.3 Å². The van der Waals surface area contributed by atoms with Gasteiger partial charge in [-0.1, -0.05) is 34.1 Å². The minimum atomic E-state index is -0.279. The number of anilines is 1. The molecule has 0 saturated carbocycles. The molecule has 3 N–H and O–H groups in total. The first-order valence-electron chi connectivity index (χ1n) is 7.90. The summed E-state index contributed by atoms with van der Waals surface area (Å²) >= 11 is 3.31. The second-order valence-corrected chi connectivity index (χ2v) is 6.67. The molecule has 0 saturated heterocycles. The Balaban J connectivity index is 1.62. The van der Waals surface area contributed by atoms with Crippen molar-refractivity contribution in [1.29, 1.82) is 0 Å². The lowest BCUT2D eigenvalue weighted by Gasteiger charge is -2.11. The topological polar surface area (TPSA) is 74.2 Å². The number of amides is 2. The van der Waals surface area contributed by atoms with Crippen LogP contribution in [0.15, 0.2) is 53.1 Å². The standard InChI is InChI=1S/C19H18BrN3O2/c1-12-9-16-14(11-22-12)3-2-4-17(16)23-19(25)21-8-7-13-5-6-15(20)10-18(13)24/h2-6,9-11,24H,7-8H2,1H3,(H2,21,23,25). The Kier molecular flexibility index (Phi) is 5.19. The number of phenols is 1. The Morgan fingerprint density at radius 2 is 2.08 bits per heavy atom. The van der Waals surface area contributed by atoms with Gasteiger partial charge in [-0.25, -0.2) is 4.79 Å². The molecule has 0 spiro atoms. The fraction of sp³-hybridized carbons (Fsp3) is 0.158. The van der Waals surface area contributed by atoms with Gasteiger partial charge in [0.15, 0.2) is 0 Å². The summed E-state index contributed by atoms with van der Waals surface area (Å²) in [5.74, 6) is 0.216. The number of nitrogens with zero attached hydrogens (tertiary/aromatic N) is 1. The molecule has 25 heavy (non-hydrogen) atoms. The van der Waals surface area contributed by atoms with Crippen LogP contribution in [-0.2, 0) is 6.42 Å². The number of phenolic OH excluding ortho intramolecular Hbond substituents is 1. The van der Waals surface area contributed by atoms with Gasteiger partial charge in [-0.2, -0.15) is 0 Å². The van der Waals surface area contributed by atoms with Crippen molar-refractivity contribution in [3.63, 3.8) is 0 Å². The maximum atomic E-state index is 12.2. The van der Waals surface area contributed by atoms with Crippen molar-refractivity contribution < 1.29 is 9.90 Å². The Labute approximate surface area is 154 Å². The third kappa shape index (κ3) is 4.28. The number of carbonyl (C=O) groups excluding carboxylic acids is 1. The van der Waals surface area contributed by atoms with E-state index in [4.69, 9.17) is 0 Å². The molecule has 128 valence electrons. The summed E-state index contributed by atoms with van der Waals surface area (Å²) in [4.78, 5) is 16.4. The van der Waals surface area contributed by atoms with Crippen molar-refractivity contribution in [1.82, 2.24) is 10.3 Å². The summed E-state index contributed by atoms with van der Waals surface area (Å²) in [6.45, 7) is 2.34. The van der Waals surface area contributed by atoms with E-state index in [9.17, 15) is 9.90 Å². The molecule has 0 fully saturated rings. The van der Waals surface area contributed by atoms with Crippen LogP contribution in [0.3, 0.4) is 0 Å². The number of urea groups is 1. The van der Waals surface area contributed by atoms with Crippen LogP contribution in [0, 0.1) is 6.92 Å². The molecule has 1 aromatic heterocycles. The molecule has 0 aliphatic rings. The zero-order chi connectivity index (χ0) is 17.8. The van der Waals surface area contributed by atoms with Crippen molar-refractivity contribution >= 4 is 38.4 Å². The molecular formula is C19H18BrN3O2. The lowest BCUT2D eigenvalue weighted by atomic mass is 10.1. The first kappa shape index (κ1) is 17.2. The van der Waals surface area contributed by atoms with Crippen LogP contribution in [0.4, 0.5) is 10.5 Å². The predicted molar refractivity (Wildman–Crippen MR) is 103 cm³/mol. The van der Waals surface area contributed by atoms with Gasteiger partial charge in [0.1, 0.15) is 5.75 Å². The molecule has 0 bridgehead atoms. The fourth-order valence-corrected chi connectivity index (χ4v) is 2.96. The molecule has 0 aliphatic heterocycles. The van der Waals surface area contributed by atoms with Crippen molar-refractivity contribution in [3.05, 3.63) is 64.4 Å². The van der Waals surface area contributed by atoms with E-state index >= 15 is 0 Å². The fourth-order valence-electron chi connectivity index (χ4n) is 2.61. The minimum absolute atomic E-state index is 0.216. The number of benzene rings is 2. The summed E-state index contributed by atoms with van der Waals surface area (Å²) in [7, 11) is 0. The number of nitrogens with one attached hydrogen (secondary N) is 2. The maximum Gasteiger partial charge on any atom is 0.319 e. The smallest absolute Gasteiger partial charge is 0.319 e. The number of halogens is 1.